The molecule has 3 nitrogen and oxygen atoms in total. The first kappa shape index (κ1) is 11.8. The third-order valence-electron chi connectivity index (χ3n) is 2.77. The molecular weight excluding hydrogens is 217 g/mol. The fourth-order valence-corrected chi connectivity index (χ4v) is 1.87. The van der Waals surface area contributed by atoms with Crippen molar-refractivity contribution in [2.45, 2.75) is 18.9 Å². The van der Waals surface area contributed by atoms with Crippen LogP contribution in [0.15, 0.2) is 36.7 Å². The zero-order valence-corrected chi connectivity index (χ0v) is 9.78. The second-order valence-corrected chi connectivity index (χ2v) is 4.06. The lowest BCUT2D eigenvalue weighted by Gasteiger charge is -2.14. The highest BCUT2D eigenvalue weighted by Gasteiger charge is 2.10. The summed E-state index contributed by atoms with van der Waals surface area (Å²) in [5.74, 6) is 0.760. The lowest BCUT2D eigenvalue weighted by Crippen LogP contribution is -2.30. The Hall–Kier alpha value is -1.68. The van der Waals surface area contributed by atoms with Gasteiger partial charge in [0.15, 0.2) is 0 Å². The quantitative estimate of drug-likeness (QED) is 0.828. The summed E-state index contributed by atoms with van der Waals surface area (Å²) in [6.07, 6.45) is 5.14. The molecule has 1 atom stereocenters. The van der Waals surface area contributed by atoms with Crippen molar-refractivity contribution in [1.29, 1.82) is 0 Å². The minimum absolute atomic E-state index is 0.185. The van der Waals surface area contributed by atoms with Crippen LogP contribution < -0.4 is 5.32 Å². The van der Waals surface area contributed by atoms with E-state index in [4.69, 9.17) is 0 Å². The van der Waals surface area contributed by atoms with Crippen LogP contribution >= 0.6 is 0 Å². The number of likely N-dealkylation sites (N-methyl/N-ethyl adjacent to an activating group) is 1. The van der Waals surface area contributed by atoms with Gasteiger partial charge in [0.25, 0.3) is 0 Å². The maximum atomic E-state index is 13.1. The van der Waals surface area contributed by atoms with E-state index in [1.807, 2.05) is 19.3 Å². The van der Waals surface area contributed by atoms with Gasteiger partial charge in [-0.15, -0.1) is 0 Å². The van der Waals surface area contributed by atoms with E-state index in [1.54, 1.807) is 18.3 Å². The first-order chi connectivity index (χ1) is 8.28. The highest BCUT2D eigenvalue weighted by Crippen LogP contribution is 2.08. The number of aromatic amines is 1. The summed E-state index contributed by atoms with van der Waals surface area (Å²) in [6.45, 7) is 0. The van der Waals surface area contributed by atoms with Crippen LogP contribution in [0.2, 0.25) is 0 Å². The van der Waals surface area contributed by atoms with Gasteiger partial charge in [-0.1, -0.05) is 12.1 Å². The third kappa shape index (κ3) is 3.39. The molecule has 90 valence electrons. The van der Waals surface area contributed by atoms with E-state index in [-0.39, 0.29) is 11.9 Å². The number of halogens is 1. The summed E-state index contributed by atoms with van der Waals surface area (Å²) < 4.78 is 13.1. The summed E-state index contributed by atoms with van der Waals surface area (Å²) in [5, 5.41) is 3.23. The van der Waals surface area contributed by atoms with Crippen molar-refractivity contribution in [2.75, 3.05) is 7.05 Å². The zero-order chi connectivity index (χ0) is 12.1. The van der Waals surface area contributed by atoms with E-state index < -0.39 is 0 Å². The van der Waals surface area contributed by atoms with Crippen LogP contribution in [-0.2, 0) is 12.8 Å². The van der Waals surface area contributed by atoms with E-state index in [0.29, 0.717) is 0 Å². The molecule has 0 aliphatic heterocycles. The standard InChI is InChI=1S/C13H16FN3/c1-15-12(9-13-16-5-6-17-13)8-10-3-2-4-11(14)7-10/h2-7,12,15H,8-9H2,1H3,(H,16,17). The summed E-state index contributed by atoms with van der Waals surface area (Å²) in [7, 11) is 1.91. The zero-order valence-electron chi connectivity index (χ0n) is 9.78. The highest BCUT2D eigenvalue weighted by atomic mass is 19.1. The van der Waals surface area contributed by atoms with Crippen LogP contribution in [0.1, 0.15) is 11.4 Å². The van der Waals surface area contributed by atoms with Gasteiger partial charge in [-0.2, -0.15) is 0 Å². The molecule has 0 saturated heterocycles. The Balaban J connectivity index is 2.00. The Kier molecular flexibility index (Phi) is 3.88. The molecule has 0 fully saturated rings. The predicted molar refractivity (Wildman–Crippen MR) is 65.2 cm³/mol. The van der Waals surface area contributed by atoms with E-state index in [9.17, 15) is 4.39 Å². The lowest BCUT2D eigenvalue weighted by molar-refractivity contribution is 0.542. The number of imidazole rings is 1. The number of rotatable bonds is 5. The van der Waals surface area contributed by atoms with Gasteiger partial charge in [0.1, 0.15) is 11.6 Å². The minimum atomic E-state index is -0.185. The monoisotopic (exact) mass is 233 g/mol. The normalized spacial score (nSPS) is 12.6. The second kappa shape index (κ2) is 5.59. The molecule has 0 amide bonds. The number of hydrogen-bond donors (Lipinski definition) is 2. The summed E-state index contributed by atoms with van der Waals surface area (Å²) in [4.78, 5) is 7.27. The number of benzene rings is 1. The van der Waals surface area contributed by atoms with Gasteiger partial charge in [0.05, 0.1) is 0 Å². The SMILES string of the molecule is CNC(Cc1cccc(F)c1)Cc1ncc[nH]1. The van der Waals surface area contributed by atoms with Crippen molar-refractivity contribution in [1.82, 2.24) is 15.3 Å². The largest absolute Gasteiger partial charge is 0.349 e. The summed E-state index contributed by atoms with van der Waals surface area (Å²) >= 11 is 0. The molecule has 2 N–H and O–H groups in total. The molecule has 0 aliphatic rings. The fraction of sp³-hybridized carbons (Fsp3) is 0.308. The molecule has 0 spiro atoms. The number of hydrogen-bond acceptors (Lipinski definition) is 2. The van der Waals surface area contributed by atoms with Gasteiger partial charge in [-0.05, 0) is 31.2 Å². The Morgan fingerprint density at radius 3 is 2.94 bits per heavy atom. The van der Waals surface area contributed by atoms with E-state index >= 15 is 0 Å². The summed E-state index contributed by atoms with van der Waals surface area (Å²) in [5.41, 5.74) is 0.996. The first-order valence-corrected chi connectivity index (χ1v) is 5.68. The Bertz CT molecular complexity index is 453. The summed E-state index contributed by atoms with van der Waals surface area (Å²) in [6, 6.07) is 6.97. The molecule has 1 heterocycles. The molecular formula is C13H16FN3. The van der Waals surface area contributed by atoms with Gasteiger partial charge in [-0.3, -0.25) is 0 Å². The topological polar surface area (TPSA) is 40.7 Å². The molecule has 0 aliphatic carbocycles. The molecule has 0 bridgehead atoms. The number of H-pyrrole nitrogens is 1. The number of nitrogens with zero attached hydrogens (tertiary/aromatic N) is 1. The van der Waals surface area contributed by atoms with Crippen LogP contribution in [0.3, 0.4) is 0 Å². The average Bonchev–Trinajstić information content (AvgIpc) is 2.81. The van der Waals surface area contributed by atoms with Crippen molar-refractivity contribution in [3.05, 3.63) is 53.9 Å². The van der Waals surface area contributed by atoms with Crippen LogP contribution in [0.5, 0.6) is 0 Å². The van der Waals surface area contributed by atoms with Crippen LogP contribution in [-0.4, -0.2) is 23.1 Å². The fourth-order valence-electron chi connectivity index (χ4n) is 1.87. The predicted octanol–water partition coefficient (Wildman–Crippen LogP) is 1.92. The van der Waals surface area contributed by atoms with Gasteiger partial charge in [-0.25, -0.2) is 9.37 Å². The Morgan fingerprint density at radius 2 is 2.29 bits per heavy atom. The molecule has 4 heteroatoms. The van der Waals surface area contributed by atoms with Gasteiger partial charge in [0, 0.05) is 24.9 Å². The van der Waals surface area contributed by atoms with Gasteiger partial charge >= 0.3 is 0 Å². The molecule has 1 unspecified atom stereocenters. The average molecular weight is 233 g/mol. The maximum absolute atomic E-state index is 13.1. The molecule has 2 aromatic rings. The molecule has 17 heavy (non-hydrogen) atoms. The van der Waals surface area contributed by atoms with E-state index in [0.717, 1.165) is 24.2 Å². The maximum Gasteiger partial charge on any atom is 0.123 e. The molecule has 1 aromatic carbocycles. The Labute approximate surface area is 100 Å². The van der Waals surface area contributed by atoms with Crippen molar-refractivity contribution < 1.29 is 4.39 Å². The van der Waals surface area contributed by atoms with E-state index in [2.05, 4.69) is 15.3 Å². The van der Waals surface area contributed by atoms with Crippen LogP contribution in [0.25, 0.3) is 0 Å². The first-order valence-electron chi connectivity index (χ1n) is 5.68. The number of nitrogens with one attached hydrogen (secondary N) is 2. The van der Waals surface area contributed by atoms with E-state index in [1.165, 1.54) is 6.07 Å². The smallest absolute Gasteiger partial charge is 0.123 e. The third-order valence-corrected chi connectivity index (χ3v) is 2.77. The highest BCUT2D eigenvalue weighted by molar-refractivity contribution is 5.17. The molecule has 1 aromatic heterocycles. The van der Waals surface area contributed by atoms with Crippen molar-refractivity contribution >= 4 is 0 Å². The molecule has 2 rings (SSSR count). The minimum Gasteiger partial charge on any atom is -0.349 e. The van der Waals surface area contributed by atoms with Crippen molar-refractivity contribution in [3.8, 4) is 0 Å². The molecule has 0 saturated carbocycles. The van der Waals surface area contributed by atoms with Gasteiger partial charge in [0.2, 0.25) is 0 Å². The van der Waals surface area contributed by atoms with Crippen LogP contribution in [0.4, 0.5) is 4.39 Å². The van der Waals surface area contributed by atoms with Crippen molar-refractivity contribution in [3.63, 3.8) is 0 Å². The van der Waals surface area contributed by atoms with Crippen LogP contribution in [0, 0.1) is 5.82 Å². The lowest BCUT2D eigenvalue weighted by atomic mass is 10.0. The Morgan fingerprint density at radius 1 is 1.41 bits per heavy atom. The van der Waals surface area contributed by atoms with Gasteiger partial charge < -0.3 is 10.3 Å². The van der Waals surface area contributed by atoms with Crippen molar-refractivity contribution in [2.24, 2.45) is 0 Å². The molecule has 0 radical (unpaired) electrons. The number of aromatic nitrogens is 2. The second-order valence-electron chi connectivity index (χ2n) is 4.06.